The average Bonchev–Trinajstić information content (AvgIpc) is 3.23. The minimum atomic E-state index is -0.942. The molecule has 0 aliphatic heterocycles. The van der Waals surface area contributed by atoms with E-state index in [2.05, 4.69) is 16.1 Å². The molecule has 0 aliphatic carbocycles. The second kappa shape index (κ2) is 9.22. The first-order valence-electron chi connectivity index (χ1n) is 10.7. The summed E-state index contributed by atoms with van der Waals surface area (Å²) in [6.45, 7) is 5.09. The largest absolute Gasteiger partial charge is 0.388 e. The van der Waals surface area contributed by atoms with E-state index in [4.69, 9.17) is 10.7 Å². The standard InChI is InChI=1S/C23H28N6O2S/c1-4-19(30)20-21(24)29-22(27-23(20)28(5-2)10-11-32(3)31)17(14-26-29)16-12-15-8-6-7-9-18(15)25-13-16/h6-9,12-14,19,30H,4-5,10-11,24H2,1-3H3. The molecular formula is C23H28N6O2S. The summed E-state index contributed by atoms with van der Waals surface area (Å²) in [7, 11) is -0.942. The smallest absolute Gasteiger partial charge is 0.167 e. The molecule has 0 bridgehead atoms. The molecule has 168 valence electrons. The highest BCUT2D eigenvalue weighted by molar-refractivity contribution is 7.84. The van der Waals surface area contributed by atoms with Crippen LogP contribution >= 0.6 is 0 Å². The third-order valence-electron chi connectivity index (χ3n) is 5.65. The highest BCUT2D eigenvalue weighted by Crippen LogP contribution is 2.35. The number of nitrogens with two attached hydrogens (primary N) is 1. The lowest BCUT2D eigenvalue weighted by Crippen LogP contribution is -2.30. The highest BCUT2D eigenvalue weighted by Gasteiger charge is 2.25. The number of benzene rings is 1. The zero-order chi connectivity index (χ0) is 22.8. The number of aromatic nitrogens is 4. The van der Waals surface area contributed by atoms with Crippen molar-refractivity contribution in [2.45, 2.75) is 26.4 Å². The number of pyridine rings is 1. The Morgan fingerprint density at radius 3 is 2.75 bits per heavy atom. The molecule has 4 rings (SSSR count). The van der Waals surface area contributed by atoms with Gasteiger partial charge in [-0.3, -0.25) is 9.19 Å². The molecule has 0 saturated heterocycles. The molecule has 4 aromatic rings. The third kappa shape index (κ3) is 4.05. The number of aliphatic hydroxyl groups excluding tert-OH is 1. The van der Waals surface area contributed by atoms with Crippen LogP contribution in [0.3, 0.4) is 0 Å². The quantitative estimate of drug-likeness (QED) is 0.422. The van der Waals surface area contributed by atoms with Crippen LogP contribution in [0.4, 0.5) is 11.6 Å². The zero-order valence-electron chi connectivity index (χ0n) is 18.5. The molecule has 0 amide bonds. The van der Waals surface area contributed by atoms with E-state index in [1.165, 1.54) is 0 Å². The molecule has 3 aromatic heterocycles. The molecule has 0 saturated carbocycles. The van der Waals surface area contributed by atoms with E-state index in [0.29, 0.717) is 48.1 Å². The Bertz CT molecular complexity index is 1290. The molecule has 2 atom stereocenters. The Kier molecular flexibility index (Phi) is 6.38. The number of fused-ring (bicyclic) bond motifs is 2. The molecule has 3 heterocycles. The van der Waals surface area contributed by atoms with Crippen molar-refractivity contribution in [1.29, 1.82) is 0 Å². The van der Waals surface area contributed by atoms with Crippen LogP contribution in [0.1, 0.15) is 31.9 Å². The number of nitrogens with zero attached hydrogens (tertiary/aromatic N) is 5. The van der Waals surface area contributed by atoms with Crippen molar-refractivity contribution < 1.29 is 9.32 Å². The lowest BCUT2D eigenvalue weighted by Gasteiger charge is -2.27. The van der Waals surface area contributed by atoms with Gasteiger partial charge in [-0.05, 0) is 25.5 Å². The Labute approximate surface area is 189 Å². The van der Waals surface area contributed by atoms with Gasteiger partial charge in [0.1, 0.15) is 11.6 Å². The molecule has 9 heteroatoms. The average molecular weight is 453 g/mol. The van der Waals surface area contributed by atoms with Gasteiger partial charge in [-0.2, -0.15) is 9.61 Å². The first-order chi connectivity index (χ1) is 15.4. The number of rotatable bonds is 8. The summed E-state index contributed by atoms with van der Waals surface area (Å²) in [5.74, 6) is 1.46. The maximum absolute atomic E-state index is 11.7. The number of hydrogen-bond donors (Lipinski definition) is 2. The SMILES string of the molecule is CCC(O)c1c(N(CC)CCS(C)=O)nc2c(-c3cnc4ccccc4c3)cnn2c1N. The number of aliphatic hydroxyl groups is 1. The fraction of sp³-hybridized carbons (Fsp3) is 0.348. The van der Waals surface area contributed by atoms with E-state index in [1.54, 1.807) is 17.0 Å². The monoisotopic (exact) mass is 452 g/mol. The maximum atomic E-state index is 11.7. The number of anilines is 2. The van der Waals surface area contributed by atoms with Crippen LogP contribution in [0.5, 0.6) is 0 Å². The summed E-state index contributed by atoms with van der Waals surface area (Å²) in [6, 6.07) is 9.99. The first-order valence-corrected chi connectivity index (χ1v) is 12.4. The van der Waals surface area contributed by atoms with Crippen LogP contribution in [0.25, 0.3) is 27.7 Å². The number of para-hydroxylation sites is 1. The van der Waals surface area contributed by atoms with Crippen molar-refractivity contribution in [2.75, 3.05) is 35.7 Å². The van der Waals surface area contributed by atoms with Crippen molar-refractivity contribution in [3.63, 3.8) is 0 Å². The van der Waals surface area contributed by atoms with Crippen LogP contribution in [0.15, 0.2) is 42.7 Å². The van der Waals surface area contributed by atoms with Crippen LogP contribution in [0.2, 0.25) is 0 Å². The van der Waals surface area contributed by atoms with E-state index in [9.17, 15) is 9.32 Å². The second-order valence-electron chi connectivity index (χ2n) is 7.73. The summed E-state index contributed by atoms with van der Waals surface area (Å²) in [6.07, 6.45) is 4.93. The summed E-state index contributed by atoms with van der Waals surface area (Å²) < 4.78 is 13.3. The van der Waals surface area contributed by atoms with E-state index in [1.807, 2.05) is 49.2 Å². The lowest BCUT2D eigenvalue weighted by molar-refractivity contribution is 0.174. The fourth-order valence-electron chi connectivity index (χ4n) is 3.85. The van der Waals surface area contributed by atoms with E-state index < -0.39 is 16.9 Å². The molecular weight excluding hydrogens is 424 g/mol. The van der Waals surface area contributed by atoms with Gasteiger partial charge in [0.2, 0.25) is 0 Å². The number of nitrogen functional groups attached to an aromatic ring is 1. The van der Waals surface area contributed by atoms with E-state index in [0.717, 1.165) is 22.0 Å². The summed E-state index contributed by atoms with van der Waals surface area (Å²) >= 11 is 0. The predicted molar refractivity (Wildman–Crippen MR) is 130 cm³/mol. The van der Waals surface area contributed by atoms with Crippen molar-refractivity contribution in [3.05, 3.63) is 48.3 Å². The third-order valence-corrected chi connectivity index (χ3v) is 6.41. The topological polar surface area (TPSA) is 110 Å². The van der Waals surface area contributed by atoms with Gasteiger partial charge in [-0.15, -0.1) is 0 Å². The minimum Gasteiger partial charge on any atom is -0.388 e. The van der Waals surface area contributed by atoms with Crippen LogP contribution in [-0.4, -0.2) is 54.0 Å². The zero-order valence-corrected chi connectivity index (χ0v) is 19.3. The van der Waals surface area contributed by atoms with Gasteiger partial charge in [0.15, 0.2) is 5.65 Å². The molecule has 1 aromatic carbocycles. The van der Waals surface area contributed by atoms with Gasteiger partial charge in [0, 0.05) is 58.6 Å². The van der Waals surface area contributed by atoms with Crippen molar-refractivity contribution in [1.82, 2.24) is 19.6 Å². The Hall–Kier alpha value is -3.04. The van der Waals surface area contributed by atoms with Gasteiger partial charge in [0.05, 0.1) is 23.4 Å². The van der Waals surface area contributed by atoms with Crippen molar-refractivity contribution >= 4 is 39.0 Å². The summed E-state index contributed by atoms with van der Waals surface area (Å²) in [5.41, 5.74) is 10.3. The molecule has 0 fully saturated rings. The predicted octanol–water partition coefficient (Wildman–Crippen LogP) is 3.17. The Balaban J connectivity index is 1.91. The van der Waals surface area contributed by atoms with E-state index >= 15 is 0 Å². The van der Waals surface area contributed by atoms with Crippen LogP contribution in [-0.2, 0) is 10.8 Å². The fourth-order valence-corrected chi connectivity index (χ4v) is 4.33. The molecule has 32 heavy (non-hydrogen) atoms. The normalized spacial score (nSPS) is 13.5. The highest BCUT2D eigenvalue weighted by atomic mass is 32.2. The lowest BCUT2D eigenvalue weighted by atomic mass is 10.1. The van der Waals surface area contributed by atoms with Gasteiger partial charge < -0.3 is 15.7 Å². The van der Waals surface area contributed by atoms with Crippen LogP contribution in [0, 0.1) is 0 Å². The van der Waals surface area contributed by atoms with Crippen molar-refractivity contribution in [3.8, 4) is 11.1 Å². The molecule has 3 N–H and O–H groups in total. The first kappa shape index (κ1) is 22.2. The van der Waals surface area contributed by atoms with E-state index in [-0.39, 0.29) is 0 Å². The minimum absolute atomic E-state index is 0.357. The molecule has 2 unspecified atom stereocenters. The summed E-state index contributed by atoms with van der Waals surface area (Å²) in [5, 5.41) is 16.3. The Morgan fingerprint density at radius 2 is 2.03 bits per heavy atom. The van der Waals surface area contributed by atoms with Gasteiger partial charge in [0.25, 0.3) is 0 Å². The molecule has 0 aliphatic rings. The molecule has 0 spiro atoms. The van der Waals surface area contributed by atoms with Gasteiger partial charge in [-0.1, -0.05) is 25.1 Å². The Morgan fingerprint density at radius 1 is 1.25 bits per heavy atom. The molecule has 8 nitrogen and oxygen atoms in total. The molecule has 0 radical (unpaired) electrons. The van der Waals surface area contributed by atoms with Gasteiger partial charge >= 0.3 is 0 Å². The summed E-state index contributed by atoms with van der Waals surface area (Å²) in [4.78, 5) is 11.5. The maximum Gasteiger partial charge on any atom is 0.167 e. The van der Waals surface area contributed by atoms with Gasteiger partial charge in [-0.25, -0.2) is 4.98 Å². The van der Waals surface area contributed by atoms with Crippen molar-refractivity contribution in [2.24, 2.45) is 0 Å². The van der Waals surface area contributed by atoms with Crippen LogP contribution < -0.4 is 10.6 Å². The second-order valence-corrected chi connectivity index (χ2v) is 9.28. The number of hydrogen-bond acceptors (Lipinski definition) is 7.